The summed E-state index contributed by atoms with van der Waals surface area (Å²) < 4.78 is 12.9. The second-order valence-electron chi connectivity index (χ2n) is 10.2. The number of hydrogen-bond donors (Lipinski definition) is 1. The van der Waals surface area contributed by atoms with E-state index in [0.717, 1.165) is 41.7 Å². The third kappa shape index (κ3) is 6.54. The van der Waals surface area contributed by atoms with E-state index in [9.17, 15) is 14.7 Å². The molecule has 0 aliphatic carbocycles. The lowest BCUT2D eigenvalue weighted by Gasteiger charge is -2.26. The average Bonchev–Trinajstić information content (AvgIpc) is 3.43. The Labute approximate surface area is 239 Å². The van der Waals surface area contributed by atoms with Crippen molar-refractivity contribution in [2.75, 3.05) is 32.8 Å². The highest BCUT2D eigenvalue weighted by Gasteiger charge is 2.24. The summed E-state index contributed by atoms with van der Waals surface area (Å²) in [4.78, 5) is 29.7. The number of likely N-dealkylation sites (tertiary alicyclic amines) is 1. The van der Waals surface area contributed by atoms with Crippen molar-refractivity contribution in [2.24, 2.45) is 0 Å². The molecule has 1 aliphatic heterocycles. The Hall–Kier alpha value is -3.68. The molecule has 1 atom stereocenters. The molecule has 0 saturated carbocycles. The standard InChI is InChI=1S/C33H35NO5S/c1-2-23(24-10-12-25(35)13-11-24)21-39-33(37)29-20-26(38-19-18-34-16-6-3-7-17-34)14-15-28(29)32(36)30-22-40-31-9-5-4-8-27(30)31/h4-5,8-15,20,22-23,35H,2-3,6-7,16-19,21H2,1H3. The molecule has 1 aromatic heterocycles. The van der Waals surface area contributed by atoms with Crippen LogP contribution in [0.3, 0.4) is 0 Å². The Morgan fingerprint density at radius 1 is 0.950 bits per heavy atom. The van der Waals surface area contributed by atoms with E-state index in [-0.39, 0.29) is 29.6 Å². The maximum absolute atomic E-state index is 13.8. The quantitative estimate of drug-likeness (QED) is 0.157. The van der Waals surface area contributed by atoms with Crippen LogP contribution in [-0.4, -0.2) is 54.6 Å². The van der Waals surface area contributed by atoms with Gasteiger partial charge >= 0.3 is 5.97 Å². The predicted octanol–water partition coefficient (Wildman–Crippen LogP) is 7.05. The molecule has 1 N–H and O–H groups in total. The van der Waals surface area contributed by atoms with E-state index in [1.165, 1.54) is 30.6 Å². The topological polar surface area (TPSA) is 76.1 Å². The monoisotopic (exact) mass is 557 g/mol. The molecule has 3 aromatic carbocycles. The predicted molar refractivity (Wildman–Crippen MR) is 159 cm³/mol. The summed E-state index contributed by atoms with van der Waals surface area (Å²) in [7, 11) is 0. The van der Waals surface area contributed by atoms with Gasteiger partial charge in [-0.05, 0) is 74.3 Å². The number of ketones is 1. The molecular weight excluding hydrogens is 522 g/mol. The van der Waals surface area contributed by atoms with Crippen molar-refractivity contribution >= 4 is 33.2 Å². The van der Waals surface area contributed by atoms with Crippen LogP contribution >= 0.6 is 11.3 Å². The average molecular weight is 558 g/mol. The number of nitrogens with zero attached hydrogens (tertiary/aromatic N) is 1. The number of benzene rings is 3. The van der Waals surface area contributed by atoms with Crippen molar-refractivity contribution in [1.82, 2.24) is 4.90 Å². The first-order valence-corrected chi connectivity index (χ1v) is 14.9. The molecule has 7 heteroatoms. The number of carbonyl (C=O) groups is 2. The number of esters is 1. The summed E-state index contributed by atoms with van der Waals surface area (Å²) in [5, 5.41) is 12.4. The fourth-order valence-electron chi connectivity index (χ4n) is 5.20. The van der Waals surface area contributed by atoms with Gasteiger partial charge in [0, 0.05) is 39.1 Å². The molecule has 1 aliphatic rings. The molecule has 4 aromatic rings. The molecule has 208 valence electrons. The van der Waals surface area contributed by atoms with Gasteiger partial charge in [-0.3, -0.25) is 9.69 Å². The van der Waals surface area contributed by atoms with Gasteiger partial charge in [-0.15, -0.1) is 11.3 Å². The van der Waals surface area contributed by atoms with Crippen LogP contribution in [0.4, 0.5) is 0 Å². The van der Waals surface area contributed by atoms with E-state index in [0.29, 0.717) is 23.5 Å². The molecule has 0 bridgehead atoms. The fourth-order valence-corrected chi connectivity index (χ4v) is 6.15. The Kier molecular flexibility index (Phi) is 9.14. The van der Waals surface area contributed by atoms with Crippen LogP contribution in [0.15, 0.2) is 72.1 Å². The van der Waals surface area contributed by atoms with E-state index in [1.807, 2.05) is 48.7 Å². The lowest BCUT2D eigenvalue weighted by atomic mass is 9.96. The number of piperidine rings is 1. The third-order valence-corrected chi connectivity index (χ3v) is 8.54. The minimum absolute atomic E-state index is 0.0338. The Morgan fingerprint density at radius 3 is 2.50 bits per heavy atom. The smallest absolute Gasteiger partial charge is 0.339 e. The first-order valence-electron chi connectivity index (χ1n) is 14.0. The van der Waals surface area contributed by atoms with Crippen LogP contribution in [0.2, 0.25) is 0 Å². The number of phenols is 1. The second-order valence-corrected chi connectivity index (χ2v) is 11.1. The van der Waals surface area contributed by atoms with E-state index in [1.54, 1.807) is 30.3 Å². The highest BCUT2D eigenvalue weighted by Crippen LogP contribution is 2.30. The van der Waals surface area contributed by atoms with Gasteiger partial charge in [0.15, 0.2) is 5.78 Å². The number of carbonyl (C=O) groups excluding carboxylic acids is 2. The molecular formula is C33H35NO5S. The number of ether oxygens (including phenoxy) is 2. The number of thiophene rings is 1. The first kappa shape index (κ1) is 27.9. The maximum atomic E-state index is 13.8. The van der Waals surface area contributed by atoms with Crippen LogP contribution in [0.5, 0.6) is 11.5 Å². The number of aromatic hydroxyl groups is 1. The van der Waals surface area contributed by atoms with Gasteiger partial charge < -0.3 is 14.6 Å². The molecule has 0 radical (unpaired) electrons. The minimum Gasteiger partial charge on any atom is -0.508 e. The first-order chi connectivity index (χ1) is 19.5. The zero-order valence-corrected chi connectivity index (χ0v) is 23.6. The van der Waals surface area contributed by atoms with Gasteiger partial charge in [-0.1, -0.05) is 43.7 Å². The summed E-state index contributed by atoms with van der Waals surface area (Å²) in [6.07, 6.45) is 4.47. The Bertz CT molecular complexity index is 1460. The zero-order valence-electron chi connectivity index (χ0n) is 22.8. The molecule has 1 saturated heterocycles. The fraction of sp³-hybridized carbons (Fsp3) is 0.333. The van der Waals surface area contributed by atoms with E-state index >= 15 is 0 Å². The molecule has 0 amide bonds. The summed E-state index contributed by atoms with van der Waals surface area (Å²) in [6.45, 7) is 5.70. The highest BCUT2D eigenvalue weighted by molar-refractivity contribution is 7.17. The molecule has 6 nitrogen and oxygen atoms in total. The van der Waals surface area contributed by atoms with Gasteiger partial charge in [-0.25, -0.2) is 4.79 Å². The molecule has 40 heavy (non-hydrogen) atoms. The Balaban J connectivity index is 1.37. The van der Waals surface area contributed by atoms with Crippen molar-refractivity contribution in [3.05, 3.63) is 94.4 Å². The van der Waals surface area contributed by atoms with Crippen LogP contribution in [0.1, 0.15) is 70.4 Å². The number of fused-ring (bicyclic) bond motifs is 1. The number of rotatable bonds is 11. The third-order valence-electron chi connectivity index (χ3n) is 7.58. The molecule has 1 unspecified atom stereocenters. The van der Waals surface area contributed by atoms with Gasteiger partial charge in [0.1, 0.15) is 18.1 Å². The maximum Gasteiger partial charge on any atom is 0.339 e. The van der Waals surface area contributed by atoms with Crippen molar-refractivity contribution in [3.63, 3.8) is 0 Å². The van der Waals surface area contributed by atoms with Crippen LogP contribution < -0.4 is 4.74 Å². The minimum atomic E-state index is -0.554. The van der Waals surface area contributed by atoms with E-state index < -0.39 is 5.97 Å². The largest absolute Gasteiger partial charge is 0.508 e. The van der Waals surface area contributed by atoms with Crippen molar-refractivity contribution in [3.8, 4) is 11.5 Å². The van der Waals surface area contributed by atoms with E-state index in [4.69, 9.17) is 9.47 Å². The van der Waals surface area contributed by atoms with Gasteiger partial charge in [-0.2, -0.15) is 0 Å². The van der Waals surface area contributed by atoms with Gasteiger partial charge in [0.25, 0.3) is 0 Å². The molecule has 5 rings (SSSR count). The summed E-state index contributed by atoms with van der Waals surface area (Å²) in [6, 6.07) is 19.8. The summed E-state index contributed by atoms with van der Waals surface area (Å²) in [5.74, 6) is -0.0667. The second kappa shape index (κ2) is 13.1. The van der Waals surface area contributed by atoms with Crippen molar-refractivity contribution < 1.29 is 24.2 Å². The molecule has 0 spiro atoms. The number of phenolic OH excluding ortho intramolecular Hbond substituents is 1. The van der Waals surface area contributed by atoms with Crippen molar-refractivity contribution in [1.29, 1.82) is 0 Å². The van der Waals surface area contributed by atoms with Gasteiger partial charge in [0.05, 0.1) is 12.2 Å². The lowest BCUT2D eigenvalue weighted by molar-refractivity contribution is 0.0474. The normalized spacial score (nSPS) is 14.6. The Morgan fingerprint density at radius 2 is 1.73 bits per heavy atom. The van der Waals surface area contributed by atoms with Crippen LogP contribution in [-0.2, 0) is 4.74 Å². The zero-order chi connectivity index (χ0) is 27.9. The van der Waals surface area contributed by atoms with Crippen LogP contribution in [0.25, 0.3) is 10.1 Å². The van der Waals surface area contributed by atoms with Gasteiger partial charge in [0.2, 0.25) is 0 Å². The van der Waals surface area contributed by atoms with Crippen molar-refractivity contribution in [2.45, 2.75) is 38.5 Å². The highest BCUT2D eigenvalue weighted by atomic mass is 32.1. The van der Waals surface area contributed by atoms with E-state index in [2.05, 4.69) is 4.90 Å². The molecule has 1 fully saturated rings. The lowest BCUT2D eigenvalue weighted by Crippen LogP contribution is -2.33. The summed E-state index contributed by atoms with van der Waals surface area (Å²) in [5.41, 5.74) is 2.05. The molecule has 2 heterocycles. The summed E-state index contributed by atoms with van der Waals surface area (Å²) >= 11 is 1.51. The SMILES string of the molecule is CCC(COC(=O)c1cc(OCCN2CCCCC2)ccc1C(=O)c1csc2ccccc12)c1ccc(O)cc1. The van der Waals surface area contributed by atoms with Crippen LogP contribution in [0, 0.1) is 0 Å². The number of hydrogen-bond acceptors (Lipinski definition) is 7.